The number of carbonyl (C=O) groups is 1. The highest BCUT2D eigenvalue weighted by atomic mass is 16.3. The van der Waals surface area contributed by atoms with Crippen LogP contribution in [-0.2, 0) is 11.2 Å². The molecule has 0 radical (unpaired) electrons. The van der Waals surface area contributed by atoms with E-state index in [9.17, 15) is 9.90 Å². The van der Waals surface area contributed by atoms with Crippen LogP contribution in [0.5, 0.6) is 11.5 Å². The molecule has 0 saturated carbocycles. The molecule has 0 aliphatic heterocycles. The van der Waals surface area contributed by atoms with Gasteiger partial charge in [0.05, 0.1) is 0 Å². The summed E-state index contributed by atoms with van der Waals surface area (Å²) in [4.78, 5) is 10.5. The number of nitrogens with two attached hydrogens (primary N) is 1. The minimum atomic E-state index is -0.237. The van der Waals surface area contributed by atoms with Crippen LogP contribution in [0.25, 0.3) is 0 Å². The molecule has 1 atom stereocenters. The fourth-order valence-electron chi connectivity index (χ4n) is 1.19. The van der Waals surface area contributed by atoms with Crippen molar-refractivity contribution < 1.29 is 15.0 Å². The van der Waals surface area contributed by atoms with Crippen LogP contribution in [0.2, 0.25) is 0 Å². The van der Waals surface area contributed by atoms with E-state index in [1.54, 1.807) is 6.07 Å². The number of benzene rings is 1. The highest BCUT2D eigenvalue weighted by Gasteiger charge is 2.07. The molecule has 0 aromatic heterocycles. The second kappa shape index (κ2) is 4.62. The third-order valence-corrected chi connectivity index (χ3v) is 2.03. The molecule has 0 spiro atoms. The predicted octanol–water partition coefficient (Wildman–Crippen LogP) is 0.414. The molecular formula is C10H13NO3. The van der Waals surface area contributed by atoms with Gasteiger partial charge in [-0.2, -0.15) is 0 Å². The molecule has 14 heavy (non-hydrogen) atoms. The lowest BCUT2D eigenvalue weighted by Crippen LogP contribution is -2.17. The average Bonchev–Trinajstić information content (AvgIpc) is 2.19. The Labute approximate surface area is 82.0 Å². The number of hydrogen-bond donors (Lipinski definition) is 3. The first-order valence-electron chi connectivity index (χ1n) is 4.33. The third kappa shape index (κ3) is 2.47. The van der Waals surface area contributed by atoms with Crippen LogP contribution in [0.15, 0.2) is 18.2 Å². The number of phenolic OH excluding ortho intramolecular Hbond substituents is 2. The van der Waals surface area contributed by atoms with Gasteiger partial charge < -0.3 is 20.7 Å². The van der Waals surface area contributed by atoms with Gasteiger partial charge in [-0.3, -0.25) is 0 Å². The van der Waals surface area contributed by atoms with Gasteiger partial charge >= 0.3 is 0 Å². The standard InChI is InChI=1S/C10H13NO3/c11-5-8(6-12)3-7-1-2-9(13)10(14)4-7/h1-2,4,6,8,13-14H,3,5,11H2. The molecule has 1 rings (SSSR count). The van der Waals surface area contributed by atoms with Gasteiger partial charge in [-0.1, -0.05) is 6.07 Å². The van der Waals surface area contributed by atoms with E-state index in [4.69, 9.17) is 10.8 Å². The summed E-state index contributed by atoms with van der Waals surface area (Å²) in [5.41, 5.74) is 6.14. The summed E-state index contributed by atoms with van der Waals surface area (Å²) >= 11 is 0. The monoisotopic (exact) mass is 195 g/mol. The Morgan fingerprint density at radius 2 is 2.07 bits per heavy atom. The van der Waals surface area contributed by atoms with Crippen molar-refractivity contribution in [3.8, 4) is 11.5 Å². The molecule has 1 aromatic carbocycles. The number of aldehydes is 1. The van der Waals surface area contributed by atoms with Gasteiger partial charge in [-0.15, -0.1) is 0 Å². The fraction of sp³-hybridized carbons (Fsp3) is 0.300. The highest BCUT2D eigenvalue weighted by molar-refractivity contribution is 5.55. The van der Waals surface area contributed by atoms with Gasteiger partial charge in [-0.05, 0) is 24.1 Å². The van der Waals surface area contributed by atoms with E-state index in [1.807, 2.05) is 0 Å². The number of phenols is 2. The average molecular weight is 195 g/mol. The van der Waals surface area contributed by atoms with Crippen LogP contribution >= 0.6 is 0 Å². The van der Waals surface area contributed by atoms with Crippen molar-refractivity contribution in [1.29, 1.82) is 0 Å². The van der Waals surface area contributed by atoms with E-state index in [0.717, 1.165) is 11.8 Å². The smallest absolute Gasteiger partial charge is 0.157 e. The molecule has 4 nitrogen and oxygen atoms in total. The van der Waals surface area contributed by atoms with Crippen molar-refractivity contribution in [1.82, 2.24) is 0 Å². The molecule has 4 N–H and O–H groups in total. The van der Waals surface area contributed by atoms with Gasteiger partial charge in [-0.25, -0.2) is 0 Å². The van der Waals surface area contributed by atoms with Gasteiger partial charge in [0, 0.05) is 12.5 Å². The number of hydrogen-bond acceptors (Lipinski definition) is 4. The maximum atomic E-state index is 10.5. The Morgan fingerprint density at radius 1 is 1.36 bits per heavy atom. The predicted molar refractivity (Wildman–Crippen MR) is 52.1 cm³/mol. The van der Waals surface area contributed by atoms with E-state index in [1.165, 1.54) is 12.1 Å². The number of aromatic hydroxyl groups is 2. The van der Waals surface area contributed by atoms with Crippen molar-refractivity contribution in [2.45, 2.75) is 6.42 Å². The minimum absolute atomic E-state index is 0.163. The summed E-state index contributed by atoms with van der Waals surface area (Å²) in [6.07, 6.45) is 1.28. The minimum Gasteiger partial charge on any atom is -0.504 e. The van der Waals surface area contributed by atoms with E-state index >= 15 is 0 Å². The quantitative estimate of drug-likeness (QED) is 0.480. The molecule has 1 unspecified atom stereocenters. The third-order valence-electron chi connectivity index (χ3n) is 2.03. The second-order valence-corrected chi connectivity index (χ2v) is 3.16. The van der Waals surface area contributed by atoms with Crippen LogP contribution < -0.4 is 5.73 Å². The summed E-state index contributed by atoms with van der Waals surface area (Å²) < 4.78 is 0. The summed E-state index contributed by atoms with van der Waals surface area (Å²) in [5, 5.41) is 18.2. The van der Waals surface area contributed by atoms with Crippen LogP contribution in [-0.4, -0.2) is 23.0 Å². The lowest BCUT2D eigenvalue weighted by atomic mass is 10.0. The zero-order chi connectivity index (χ0) is 10.6. The Kier molecular flexibility index (Phi) is 3.48. The molecule has 4 heteroatoms. The Morgan fingerprint density at radius 3 is 2.57 bits per heavy atom. The molecule has 0 amide bonds. The van der Waals surface area contributed by atoms with Crippen molar-refractivity contribution in [2.75, 3.05) is 6.54 Å². The van der Waals surface area contributed by atoms with E-state index < -0.39 is 0 Å². The Bertz CT molecular complexity index is 325. The first kappa shape index (κ1) is 10.5. The summed E-state index contributed by atoms with van der Waals surface area (Å²) in [7, 11) is 0. The van der Waals surface area contributed by atoms with Gasteiger partial charge in [0.15, 0.2) is 11.5 Å². The van der Waals surface area contributed by atoms with Crippen molar-refractivity contribution in [2.24, 2.45) is 11.7 Å². The van der Waals surface area contributed by atoms with Crippen molar-refractivity contribution in [3.63, 3.8) is 0 Å². The maximum Gasteiger partial charge on any atom is 0.157 e. The molecule has 0 heterocycles. The van der Waals surface area contributed by atoms with Crippen LogP contribution in [0.4, 0.5) is 0 Å². The highest BCUT2D eigenvalue weighted by Crippen LogP contribution is 2.25. The first-order chi connectivity index (χ1) is 6.67. The largest absolute Gasteiger partial charge is 0.504 e. The Balaban J connectivity index is 2.76. The molecule has 0 aliphatic carbocycles. The van der Waals surface area contributed by atoms with E-state index in [0.29, 0.717) is 6.42 Å². The summed E-state index contributed by atoms with van der Waals surface area (Å²) in [6.45, 7) is 0.283. The topological polar surface area (TPSA) is 83.6 Å². The summed E-state index contributed by atoms with van der Waals surface area (Å²) in [6, 6.07) is 4.48. The molecule has 0 fully saturated rings. The van der Waals surface area contributed by atoms with Gasteiger partial charge in [0.25, 0.3) is 0 Å². The molecule has 76 valence electrons. The zero-order valence-electron chi connectivity index (χ0n) is 7.68. The molecule has 0 aliphatic rings. The fourth-order valence-corrected chi connectivity index (χ4v) is 1.19. The van der Waals surface area contributed by atoms with Crippen LogP contribution in [0, 0.1) is 5.92 Å². The molecule has 0 bridgehead atoms. The van der Waals surface area contributed by atoms with Gasteiger partial charge in [0.2, 0.25) is 0 Å². The van der Waals surface area contributed by atoms with Crippen molar-refractivity contribution >= 4 is 6.29 Å². The first-order valence-corrected chi connectivity index (χ1v) is 4.33. The van der Waals surface area contributed by atoms with Crippen LogP contribution in [0.1, 0.15) is 5.56 Å². The molecular weight excluding hydrogens is 182 g/mol. The van der Waals surface area contributed by atoms with E-state index in [2.05, 4.69) is 0 Å². The Hall–Kier alpha value is -1.55. The molecule has 1 aromatic rings. The lowest BCUT2D eigenvalue weighted by Gasteiger charge is -2.07. The molecule has 0 saturated heterocycles. The maximum absolute atomic E-state index is 10.5. The lowest BCUT2D eigenvalue weighted by molar-refractivity contribution is -0.110. The van der Waals surface area contributed by atoms with Crippen LogP contribution in [0.3, 0.4) is 0 Å². The normalized spacial score (nSPS) is 12.4. The van der Waals surface area contributed by atoms with Crippen molar-refractivity contribution in [3.05, 3.63) is 23.8 Å². The SMILES string of the molecule is NCC(C=O)Cc1ccc(O)c(O)c1. The summed E-state index contributed by atoms with van der Waals surface area (Å²) in [5.74, 6) is -0.577. The van der Waals surface area contributed by atoms with Gasteiger partial charge in [0.1, 0.15) is 6.29 Å². The zero-order valence-corrected chi connectivity index (χ0v) is 7.68. The second-order valence-electron chi connectivity index (χ2n) is 3.16. The number of rotatable bonds is 4. The van der Waals surface area contributed by atoms with E-state index in [-0.39, 0.29) is 24.0 Å². The number of carbonyl (C=O) groups excluding carboxylic acids is 1.